The Morgan fingerprint density at radius 1 is 0.931 bits per heavy atom. The van der Waals surface area contributed by atoms with Gasteiger partial charge in [-0.25, -0.2) is 13.1 Å². The van der Waals surface area contributed by atoms with Crippen LogP contribution in [0, 0.1) is 13.8 Å². The van der Waals surface area contributed by atoms with Crippen molar-refractivity contribution in [2.75, 3.05) is 4.72 Å². The Morgan fingerprint density at radius 2 is 1.66 bits per heavy atom. The number of hydrogen-bond acceptors (Lipinski definition) is 6. The number of rotatable bonds is 5. The Bertz CT molecular complexity index is 1250. The van der Waals surface area contributed by atoms with Crippen LogP contribution in [0.5, 0.6) is 0 Å². The molecule has 0 fully saturated rings. The maximum Gasteiger partial charge on any atom is 0.264 e. The van der Waals surface area contributed by atoms with Gasteiger partial charge in [0.25, 0.3) is 10.0 Å². The molecule has 0 aliphatic carbocycles. The molecule has 0 saturated heterocycles. The van der Waals surface area contributed by atoms with Gasteiger partial charge in [0.15, 0.2) is 0 Å². The number of aryl methyl sites for hydroxylation is 1. The van der Waals surface area contributed by atoms with Crippen LogP contribution >= 0.6 is 0 Å². The minimum atomic E-state index is -3.87. The van der Waals surface area contributed by atoms with Crippen molar-refractivity contribution in [3.8, 4) is 22.4 Å². The van der Waals surface area contributed by atoms with Crippen LogP contribution in [0.3, 0.4) is 0 Å². The Hall–Kier alpha value is -3.52. The van der Waals surface area contributed by atoms with E-state index in [0.717, 1.165) is 16.8 Å². The summed E-state index contributed by atoms with van der Waals surface area (Å²) in [5, 5.41) is 3.80. The van der Waals surface area contributed by atoms with E-state index in [9.17, 15) is 8.42 Å². The summed E-state index contributed by atoms with van der Waals surface area (Å²) in [7, 11) is -3.87. The first-order chi connectivity index (χ1) is 14.0. The summed E-state index contributed by atoms with van der Waals surface area (Å²) in [4.78, 5) is 8.51. The molecule has 0 bridgehead atoms. The van der Waals surface area contributed by atoms with Crippen molar-refractivity contribution in [1.82, 2.24) is 15.1 Å². The molecule has 0 unspecified atom stereocenters. The Morgan fingerprint density at radius 3 is 2.31 bits per heavy atom. The molecule has 0 amide bonds. The Labute approximate surface area is 168 Å². The quantitative estimate of drug-likeness (QED) is 0.533. The molecule has 2 heterocycles. The number of anilines is 1. The van der Waals surface area contributed by atoms with E-state index in [1.165, 1.54) is 0 Å². The van der Waals surface area contributed by atoms with Crippen LogP contribution in [0.4, 0.5) is 5.88 Å². The lowest BCUT2D eigenvalue weighted by Crippen LogP contribution is -2.14. The summed E-state index contributed by atoms with van der Waals surface area (Å²) in [6, 6.07) is 14.3. The van der Waals surface area contributed by atoms with Crippen LogP contribution in [-0.4, -0.2) is 23.5 Å². The van der Waals surface area contributed by atoms with Crippen molar-refractivity contribution in [3.05, 3.63) is 78.4 Å². The molecule has 0 aliphatic rings. The summed E-state index contributed by atoms with van der Waals surface area (Å²) in [5.41, 5.74) is 4.28. The number of aromatic nitrogens is 3. The van der Waals surface area contributed by atoms with E-state index in [4.69, 9.17) is 4.52 Å². The van der Waals surface area contributed by atoms with Gasteiger partial charge in [0.1, 0.15) is 0 Å². The number of benzene rings is 2. The van der Waals surface area contributed by atoms with Crippen LogP contribution in [0.25, 0.3) is 22.4 Å². The van der Waals surface area contributed by atoms with E-state index in [2.05, 4.69) is 19.8 Å². The summed E-state index contributed by atoms with van der Waals surface area (Å²) in [6.45, 7) is 3.50. The molecule has 0 aliphatic heterocycles. The van der Waals surface area contributed by atoms with Gasteiger partial charge in [0, 0.05) is 29.1 Å². The fourth-order valence-electron chi connectivity index (χ4n) is 2.90. The molecule has 1 N–H and O–H groups in total. The molecular formula is C21H18N4O3S. The van der Waals surface area contributed by atoms with Gasteiger partial charge in [0.2, 0.25) is 5.88 Å². The van der Waals surface area contributed by atoms with E-state index in [-0.39, 0.29) is 10.8 Å². The first kappa shape index (κ1) is 18.8. The monoisotopic (exact) mass is 406 g/mol. The molecule has 0 spiro atoms. The molecule has 2 aromatic heterocycles. The topological polar surface area (TPSA) is 98.0 Å². The minimum absolute atomic E-state index is 0.121. The summed E-state index contributed by atoms with van der Waals surface area (Å²) < 4.78 is 33.7. The zero-order valence-electron chi connectivity index (χ0n) is 15.8. The van der Waals surface area contributed by atoms with Gasteiger partial charge in [0.05, 0.1) is 22.5 Å². The molecule has 8 heteroatoms. The molecule has 4 aromatic rings. The van der Waals surface area contributed by atoms with Gasteiger partial charge in [-0.15, -0.1) is 0 Å². The second-order valence-corrected chi connectivity index (χ2v) is 8.14. The second-order valence-electron chi connectivity index (χ2n) is 6.49. The zero-order valence-corrected chi connectivity index (χ0v) is 16.6. The molecule has 146 valence electrons. The number of nitrogens with zero attached hydrogens (tertiary/aromatic N) is 3. The summed E-state index contributed by atoms with van der Waals surface area (Å²) in [5.74, 6) is 0.121. The summed E-state index contributed by atoms with van der Waals surface area (Å²) in [6.07, 6.45) is 4.92. The maximum absolute atomic E-state index is 13.0. The average Bonchev–Trinajstić information content (AvgIpc) is 3.06. The predicted molar refractivity (Wildman–Crippen MR) is 110 cm³/mol. The SMILES string of the molecule is Cc1noc(NS(=O)(=O)c2ccccc2-c2ccc(-c3cnccn3)cc2)c1C. The maximum atomic E-state index is 13.0. The van der Waals surface area contributed by atoms with E-state index >= 15 is 0 Å². The van der Waals surface area contributed by atoms with Crippen molar-refractivity contribution in [1.29, 1.82) is 0 Å². The fourth-order valence-corrected chi connectivity index (χ4v) is 4.17. The van der Waals surface area contributed by atoms with Crippen LogP contribution in [0.15, 0.2) is 76.5 Å². The first-order valence-electron chi connectivity index (χ1n) is 8.87. The van der Waals surface area contributed by atoms with E-state index < -0.39 is 10.0 Å². The van der Waals surface area contributed by atoms with Crippen molar-refractivity contribution >= 4 is 15.9 Å². The number of hydrogen-bond donors (Lipinski definition) is 1. The van der Waals surface area contributed by atoms with Gasteiger partial charge in [-0.1, -0.05) is 47.6 Å². The van der Waals surface area contributed by atoms with E-state index in [1.807, 2.05) is 24.3 Å². The second kappa shape index (κ2) is 7.48. The van der Waals surface area contributed by atoms with E-state index in [0.29, 0.717) is 16.8 Å². The highest BCUT2D eigenvalue weighted by Gasteiger charge is 2.22. The Balaban J connectivity index is 1.71. The van der Waals surface area contributed by atoms with Crippen molar-refractivity contribution < 1.29 is 12.9 Å². The molecule has 4 rings (SSSR count). The van der Waals surface area contributed by atoms with Gasteiger partial charge in [-0.3, -0.25) is 9.97 Å². The number of sulfonamides is 1. The van der Waals surface area contributed by atoms with Crippen LogP contribution in [-0.2, 0) is 10.0 Å². The smallest absolute Gasteiger partial charge is 0.264 e. The highest BCUT2D eigenvalue weighted by molar-refractivity contribution is 7.92. The molecular weight excluding hydrogens is 388 g/mol. The predicted octanol–water partition coefficient (Wildman–Crippen LogP) is 4.22. The third-order valence-corrected chi connectivity index (χ3v) is 6.00. The summed E-state index contributed by atoms with van der Waals surface area (Å²) >= 11 is 0. The standard InChI is InChI=1S/C21H18N4O3S/c1-14-15(2)24-28-21(14)25-29(26,27)20-6-4-3-5-18(20)16-7-9-17(10-8-16)19-13-22-11-12-23-19/h3-13,25H,1-2H3. The molecule has 7 nitrogen and oxygen atoms in total. The van der Waals surface area contributed by atoms with Crippen LogP contribution in [0.1, 0.15) is 11.3 Å². The van der Waals surface area contributed by atoms with E-state index in [1.54, 1.807) is 56.7 Å². The first-order valence-corrected chi connectivity index (χ1v) is 10.4. The number of nitrogens with one attached hydrogen (secondary N) is 1. The van der Waals surface area contributed by atoms with Gasteiger partial charge >= 0.3 is 0 Å². The lowest BCUT2D eigenvalue weighted by Gasteiger charge is -2.12. The molecule has 2 aromatic carbocycles. The normalized spacial score (nSPS) is 11.4. The lowest BCUT2D eigenvalue weighted by atomic mass is 10.0. The lowest BCUT2D eigenvalue weighted by molar-refractivity contribution is 0.430. The van der Waals surface area contributed by atoms with Gasteiger partial charge in [-0.2, -0.15) is 0 Å². The van der Waals surface area contributed by atoms with Gasteiger partial charge < -0.3 is 4.52 Å². The van der Waals surface area contributed by atoms with Crippen molar-refractivity contribution in [2.24, 2.45) is 0 Å². The van der Waals surface area contributed by atoms with Crippen molar-refractivity contribution in [3.63, 3.8) is 0 Å². The Kier molecular flexibility index (Phi) is 4.85. The fraction of sp³-hybridized carbons (Fsp3) is 0.0952. The third-order valence-electron chi connectivity index (χ3n) is 4.62. The van der Waals surface area contributed by atoms with Crippen LogP contribution < -0.4 is 4.72 Å². The molecule has 29 heavy (non-hydrogen) atoms. The molecule has 0 radical (unpaired) electrons. The average molecular weight is 406 g/mol. The largest absolute Gasteiger partial charge is 0.337 e. The third kappa shape index (κ3) is 3.74. The minimum Gasteiger partial charge on any atom is -0.337 e. The highest BCUT2D eigenvalue weighted by atomic mass is 32.2. The zero-order chi connectivity index (χ0) is 20.4. The highest BCUT2D eigenvalue weighted by Crippen LogP contribution is 2.31. The van der Waals surface area contributed by atoms with Gasteiger partial charge in [-0.05, 0) is 25.5 Å². The van der Waals surface area contributed by atoms with Crippen LogP contribution in [0.2, 0.25) is 0 Å². The molecule has 0 atom stereocenters. The van der Waals surface area contributed by atoms with Crippen molar-refractivity contribution in [2.45, 2.75) is 18.7 Å². The molecule has 0 saturated carbocycles.